The Morgan fingerprint density at radius 3 is 1.04 bits per heavy atom. The van der Waals surface area contributed by atoms with E-state index in [1.165, 1.54) is 97.2 Å². The lowest BCUT2D eigenvalue weighted by Gasteiger charge is -2.36. The fourth-order valence-electron chi connectivity index (χ4n) is 12.1. The van der Waals surface area contributed by atoms with Gasteiger partial charge in [-0.05, 0) is 242 Å². The van der Waals surface area contributed by atoms with E-state index in [0.717, 1.165) is 75.4 Å². The monoisotopic (exact) mass is 1390 g/mol. The van der Waals surface area contributed by atoms with E-state index < -0.39 is 0 Å². The van der Waals surface area contributed by atoms with Crippen molar-refractivity contribution in [3.05, 3.63) is 185 Å². The predicted octanol–water partition coefficient (Wildman–Crippen LogP) is 25.7. The van der Waals surface area contributed by atoms with Gasteiger partial charge in [-0.2, -0.15) is 0 Å². The number of carbonyl (C=O) groups is 2. The maximum Gasteiger partial charge on any atom is 0.309 e. The molecule has 8 atom stereocenters. The molecule has 10 nitrogen and oxygen atoms in total. The van der Waals surface area contributed by atoms with Gasteiger partial charge in [0.05, 0.1) is 19.1 Å². The van der Waals surface area contributed by atoms with Crippen LogP contribution in [-0.4, -0.2) is 54.6 Å². The largest absolute Gasteiger partial charge is 0.508 e. The Kier molecular flexibility index (Phi) is 41.8. The summed E-state index contributed by atoms with van der Waals surface area (Å²) in [7, 11) is 0. The molecule has 2 aliphatic carbocycles. The zero-order chi connectivity index (χ0) is 75.1. The molecule has 0 aliphatic heterocycles. The van der Waals surface area contributed by atoms with Crippen LogP contribution >= 0.6 is 0 Å². The fourth-order valence-corrected chi connectivity index (χ4v) is 12.1. The summed E-state index contributed by atoms with van der Waals surface area (Å²) in [6.07, 6.45) is 18.6. The fraction of sp³-hybridized carbons (Fsp3) is 0.582. The van der Waals surface area contributed by atoms with Gasteiger partial charge in [-0.25, -0.2) is 0 Å². The first-order valence-electron chi connectivity index (χ1n) is 38.8. The Balaban J connectivity index is 0.000000328. The molecule has 2 saturated carbocycles. The van der Waals surface area contributed by atoms with Gasteiger partial charge >= 0.3 is 11.9 Å². The predicted molar refractivity (Wildman–Crippen MR) is 423 cm³/mol. The third-order valence-electron chi connectivity index (χ3n) is 20.7. The van der Waals surface area contributed by atoms with Gasteiger partial charge in [-0.3, -0.25) is 9.59 Å². The van der Waals surface area contributed by atoms with Crippen molar-refractivity contribution in [2.75, 3.05) is 19.8 Å². The Hall–Kier alpha value is -6.62. The molecular formula is C91H138O10. The van der Waals surface area contributed by atoms with E-state index in [2.05, 4.69) is 185 Å². The molecule has 2 N–H and O–H groups in total. The van der Waals surface area contributed by atoms with Crippen molar-refractivity contribution in [1.29, 1.82) is 0 Å². The summed E-state index contributed by atoms with van der Waals surface area (Å²) in [6.45, 7) is 46.8. The minimum Gasteiger partial charge on any atom is -0.508 e. The average Bonchev–Trinajstić information content (AvgIpc) is 0.869. The quantitative estimate of drug-likeness (QED) is 0.0234. The number of phenolic OH excluding ortho intramolecular Hbond substituents is 2. The minimum absolute atomic E-state index is 0.0475. The summed E-state index contributed by atoms with van der Waals surface area (Å²) in [5.74, 6) is 7.85. The molecular weight excluding hydrogens is 1250 g/mol. The molecule has 8 rings (SSSR count). The van der Waals surface area contributed by atoms with E-state index >= 15 is 0 Å². The highest BCUT2D eigenvalue weighted by Crippen LogP contribution is 2.40. The number of carbonyl (C=O) groups excluding carboxylic acids is 2. The van der Waals surface area contributed by atoms with Gasteiger partial charge in [-0.1, -0.05) is 242 Å². The van der Waals surface area contributed by atoms with Crippen molar-refractivity contribution < 1.29 is 48.2 Å². The van der Waals surface area contributed by atoms with Gasteiger partial charge in [-0.15, -0.1) is 0 Å². The number of hydrogen-bond acceptors (Lipinski definition) is 10. The van der Waals surface area contributed by atoms with Crippen LogP contribution in [0, 0.1) is 23.2 Å². The molecule has 6 aromatic rings. The zero-order valence-electron chi connectivity index (χ0n) is 66.8. The standard InChI is InChI=1S/C25H40O4.C20H32O2.C14H22.C12H16O2.2C10H14O/c1-7-18(2)20-10-14-23(15-11-20)29-19(3)27-16-17-28-24(26)21-8-12-22(13-9-21)25(4,5)6;1-4-16(2)19-10-12-20(13-11-19)22-17(3)21-15-14-18-8-6-5-7-9-18;1-6-11(2)12-7-9-13(10-8-12)14(3,4)5;1-4-9(2)11-5-7-12(8-6-11)14-10(3)13;2*1-3-8(2)9-4-6-10(11)7-5-9/h10-11,14-15,18-19,21-22H,7-9,12-13,16-17H2,1-6H3;10-13,16-18H,4-9,14-15H2,1-3H3;7-11H,6H2,1-5H3;5-9H,4H2,1-3H3;2*4-8,11H,3H2,1-2H3. The summed E-state index contributed by atoms with van der Waals surface area (Å²) in [5.41, 5.74) is 10.0. The molecule has 0 heterocycles. The molecule has 0 aromatic heterocycles. The summed E-state index contributed by atoms with van der Waals surface area (Å²) in [6, 6.07) is 48.2. The van der Waals surface area contributed by atoms with E-state index in [1.54, 1.807) is 24.3 Å². The molecule has 0 saturated heterocycles. The zero-order valence-corrected chi connectivity index (χ0v) is 66.8. The Labute approximate surface area is 614 Å². The molecule has 0 amide bonds. The molecule has 0 bridgehead atoms. The van der Waals surface area contributed by atoms with Gasteiger partial charge < -0.3 is 38.6 Å². The van der Waals surface area contributed by atoms with E-state index in [-0.39, 0.29) is 42.5 Å². The second-order valence-electron chi connectivity index (χ2n) is 30.7. The average molecular weight is 1390 g/mol. The number of phenols is 2. The summed E-state index contributed by atoms with van der Waals surface area (Å²) in [4.78, 5) is 23.0. The number of esters is 2. The van der Waals surface area contributed by atoms with Crippen LogP contribution in [0.1, 0.15) is 323 Å². The highest BCUT2D eigenvalue weighted by molar-refractivity contribution is 5.72. The van der Waals surface area contributed by atoms with Crippen LogP contribution in [0.4, 0.5) is 0 Å². The number of hydrogen-bond donors (Lipinski definition) is 2. The molecule has 0 radical (unpaired) electrons. The lowest BCUT2D eigenvalue weighted by molar-refractivity contribution is -0.154. The van der Waals surface area contributed by atoms with Crippen LogP contribution in [0.2, 0.25) is 0 Å². The number of rotatable bonds is 26. The summed E-state index contributed by atoms with van der Waals surface area (Å²) in [5, 5.41) is 18.0. The first kappa shape index (κ1) is 88.6. The van der Waals surface area contributed by atoms with Gasteiger partial charge in [0.1, 0.15) is 35.4 Å². The lowest BCUT2D eigenvalue weighted by atomic mass is 9.70. The lowest BCUT2D eigenvalue weighted by Crippen LogP contribution is -2.30. The van der Waals surface area contributed by atoms with Gasteiger partial charge in [0, 0.05) is 6.92 Å². The Morgan fingerprint density at radius 2 is 0.723 bits per heavy atom. The normalized spacial score (nSPS) is 16.9. The summed E-state index contributed by atoms with van der Waals surface area (Å²) >= 11 is 0. The van der Waals surface area contributed by atoms with Crippen LogP contribution in [0.15, 0.2) is 146 Å². The maximum atomic E-state index is 12.3. The molecule has 2 aliphatic rings. The van der Waals surface area contributed by atoms with Crippen LogP contribution in [-0.2, 0) is 29.2 Å². The number of benzene rings is 6. The highest BCUT2D eigenvalue weighted by atomic mass is 16.7. The smallest absolute Gasteiger partial charge is 0.309 e. The second-order valence-corrected chi connectivity index (χ2v) is 30.7. The van der Waals surface area contributed by atoms with E-state index in [4.69, 9.17) is 38.6 Å². The molecule has 0 spiro atoms. The van der Waals surface area contributed by atoms with E-state index in [1.807, 2.05) is 74.5 Å². The van der Waals surface area contributed by atoms with Crippen molar-refractivity contribution in [1.82, 2.24) is 0 Å². The minimum atomic E-state index is -0.384. The van der Waals surface area contributed by atoms with Crippen molar-refractivity contribution in [3.8, 4) is 28.7 Å². The molecule has 101 heavy (non-hydrogen) atoms. The van der Waals surface area contributed by atoms with Gasteiger partial charge in [0.15, 0.2) is 12.6 Å². The summed E-state index contributed by atoms with van der Waals surface area (Å²) < 4.78 is 33.5. The van der Waals surface area contributed by atoms with Crippen molar-refractivity contribution in [3.63, 3.8) is 0 Å². The first-order chi connectivity index (χ1) is 47.9. The number of aromatic hydroxyl groups is 2. The van der Waals surface area contributed by atoms with Crippen molar-refractivity contribution >= 4 is 11.9 Å². The van der Waals surface area contributed by atoms with Crippen molar-refractivity contribution in [2.24, 2.45) is 23.2 Å². The number of ether oxygens (including phenoxy) is 6. The van der Waals surface area contributed by atoms with Crippen LogP contribution in [0.25, 0.3) is 0 Å². The van der Waals surface area contributed by atoms with E-state index in [9.17, 15) is 9.59 Å². The molecule has 8 unspecified atom stereocenters. The third-order valence-corrected chi connectivity index (χ3v) is 20.7. The van der Waals surface area contributed by atoms with Crippen LogP contribution < -0.4 is 14.2 Å². The van der Waals surface area contributed by atoms with Crippen molar-refractivity contribution in [2.45, 2.75) is 302 Å². The maximum absolute atomic E-state index is 12.3. The van der Waals surface area contributed by atoms with Crippen LogP contribution in [0.5, 0.6) is 28.7 Å². The van der Waals surface area contributed by atoms with E-state index in [0.29, 0.717) is 70.7 Å². The second kappa shape index (κ2) is 47.6. The van der Waals surface area contributed by atoms with Crippen LogP contribution in [0.3, 0.4) is 0 Å². The van der Waals surface area contributed by atoms with Gasteiger partial charge in [0.25, 0.3) is 0 Å². The third kappa shape index (κ3) is 35.4. The highest BCUT2D eigenvalue weighted by Gasteiger charge is 2.33. The topological polar surface area (TPSA) is 130 Å². The SMILES string of the molecule is CCC(C)c1ccc(C(C)(C)C)cc1.CCC(C)c1ccc(O)cc1.CCC(C)c1ccc(O)cc1.CCC(C)c1ccc(OC(C)=O)cc1.CCC(C)c1ccc(OC(C)OCCC2CCCCC2)cc1.CCC(C)c1ccc(OC(C)OCCOC(=O)C2CCC(C(C)(C)C)CC2)cc1. The molecule has 6 aromatic carbocycles. The molecule has 10 heteroatoms. The Bertz CT molecular complexity index is 3040. The molecule has 2 fully saturated rings. The first-order valence-corrected chi connectivity index (χ1v) is 38.8. The van der Waals surface area contributed by atoms with Gasteiger partial charge in [0.2, 0.25) is 0 Å². The Morgan fingerprint density at radius 1 is 0.406 bits per heavy atom. The molecule has 562 valence electrons.